The van der Waals surface area contributed by atoms with Crippen LogP contribution in [-0.2, 0) is 23.8 Å². The number of nitrogens with zero attached hydrogens (tertiary/aromatic N) is 5. The molecule has 0 bridgehead atoms. The van der Waals surface area contributed by atoms with Crippen molar-refractivity contribution in [2.24, 2.45) is 0 Å². The Kier molecular flexibility index (Phi) is 5.32. The molecule has 10 heteroatoms. The van der Waals surface area contributed by atoms with Gasteiger partial charge in [-0.25, -0.2) is 9.50 Å². The number of methoxy groups -OCH3 is 1. The zero-order chi connectivity index (χ0) is 22.3. The molecular formula is C21H22F3N5O2. The van der Waals surface area contributed by atoms with Crippen LogP contribution in [0, 0.1) is 13.8 Å². The first-order valence-electron chi connectivity index (χ1n) is 9.96. The number of carbonyl (C=O) groups is 1. The normalized spacial score (nSPS) is 14.1. The third-order valence-corrected chi connectivity index (χ3v) is 5.60. The fourth-order valence-corrected chi connectivity index (χ4v) is 4.02. The van der Waals surface area contributed by atoms with Crippen molar-refractivity contribution < 1.29 is 22.7 Å². The summed E-state index contributed by atoms with van der Waals surface area (Å²) in [5.74, 6) is -0.614. The Balaban J connectivity index is 1.56. The van der Waals surface area contributed by atoms with E-state index in [-0.39, 0.29) is 18.1 Å². The number of fused-ring (bicyclic) bond motifs is 2. The number of carbonyl (C=O) groups excluding carboxylic acids is 1. The highest BCUT2D eigenvalue weighted by atomic mass is 19.4. The lowest BCUT2D eigenvalue weighted by Crippen LogP contribution is -2.35. The molecule has 3 heterocycles. The SMILES string of the molecule is COc1ccc2c(c1)CCCN2C(=O)CCc1c(C)nc2nc(C(F)(F)F)nn2c1C. The Morgan fingerprint density at radius 1 is 1.23 bits per heavy atom. The number of hydrogen-bond donors (Lipinski definition) is 0. The molecule has 3 aromatic rings. The Labute approximate surface area is 176 Å². The van der Waals surface area contributed by atoms with E-state index in [1.54, 1.807) is 25.9 Å². The van der Waals surface area contributed by atoms with E-state index >= 15 is 0 Å². The molecule has 0 saturated carbocycles. The highest BCUT2D eigenvalue weighted by molar-refractivity contribution is 5.94. The van der Waals surface area contributed by atoms with Crippen LogP contribution < -0.4 is 9.64 Å². The summed E-state index contributed by atoms with van der Waals surface area (Å²) in [6.45, 7) is 4.00. The maximum Gasteiger partial charge on any atom is 0.453 e. The number of halogens is 3. The lowest BCUT2D eigenvalue weighted by molar-refractivity contribution is -0.144. The number of hydrogen-bond acceptors (Lipinski definition) is 5. The molecule has 164 valence electrons. The van der Waals surface area contributed by atoms with Crippen molar-refractivity contribution in [3.63, 3.8) is 0 Å². The Morgan fingerprint density at radius 3 is 2.71 bits per heavy atom. The van der Waals surface area contributed by atoms with Crippen LogP contribution in [0.15, 0.2) is 18.2 Å². The average Bonchev–Trinajstić information content (AvgIpc) is 3.17. The predicted octanol–water partition coefficient (Wildman–Crippen LogP) is 3.68. The van der Waals surface area contributed by atoms with E-state index in [4.69, 9.17) is 4.74 Å². The molecule has 2 aromatic heterocycles. The van der Waals surface area contributed by atoms with Crippen molar-refractivity contribution in [1.29, 1.82) is 0 Å². The van der Waals surface area contributed by atoms with Gasteiger partial charge in [0.2, 0.25) is 5.91 Å². The zero-order valence-electron chi connectivity index (χ0n) is 17.5. The lowest BCUT2D eigenvalue weighted by Gasteiger charge is -2.30. The Bertz CT molecular complexity index is 1160. The molecule has 0 N–H and O–H groups in total. The first-order chi connectivity index (χ1) is 14.7. The fraction of sp³-hybridized carbons (Fsp3) is 0.429. The first-order valence-corrected chi connectivity index (χ1v) is 9.96. The van der Waals surface area contributed by atoms with Crippen LogP contribution in [0.2, 0.25) is 0 Å². The van der Waals surface area contributed by atoms with Crippen LogP contribution in [0.25, 0.3) is 5.78 Å². The van der Waals surface area contributed by atoms with Gasteiger partial charge in [-0.1, -0.05) is 0 Å². The largest absolute Gasteiger partial charge is 0.497 e. The molecule has 0 fully saturated rings. The van der Waals surface area contributed by atoms with Crippen molar-refractivity contribution in [3.05, 3.63) is 46.5 Å². The summed E-state index contributed by atoms with van der Waals surface area (Å²) >= 11 is 0. The van der Waals surface area contributed by atoms with E-state index < -0.39 is 12.0 Å². The molecule has 31 heavy (non-hydrogen) atoms. The second-order valence-electron chi connectivity index (χ2n) is 7.55. The van der Waals surface area contributed by atoms with E-state index in [2.05, 4.69) is 15.1 Å². The number of aromatic nitrogens is 4. The molecule has 0 spiro atoms. The van der Waals surface area contributed by atoms with Gasteiger partial charge < -0.3 is 9.64 Å². The van der Waals surface area contributed by atoms with Crippen LogP contribution in [0.1, 0.15) is 41.2 Å². The predicted molar refractivity (Wildman–Crippen MR) is 107 cm³/mol. The third-order valence-electron chi connectivity index (χ3n) is 5.60. The monoisotopic (exact) mass is 433 g/mol. The van der Waals surface area contributed by atoms with Crippen molar-refractivity contribution >= 4 is 17.4 Å². The molecule has 4 rings (SSSR count). The minimum Gasteiger partial charge on any atom is -0.497 e. The fourth-order valence-electron chi connectivity index (χ4n) is 4.02. The zero-order valence-corrected chi connectivity index (χ0v) is 17.5. The molecule has 0 aliphatic carbocycles. The molecular weight excluding hydrogens is 411 g/mol. The van der Waals surface area contributed by atoms with Crippen LogP contribution >= 0.6 is 0 Å². The smallest absolute Gasteiger partial charge is 0.453 e. The van der Waals surface area contributed by atoms with Gasteiger partial charge in [-0.2, -0.15) is 18.2 Å². The van der Waals surface area contributed by atoms with Crippen molar-refractivity contribution in [3.8, 4) is 5.75 Å². The van der Waals surface area contributed by atoms with E-state index in [1.807, 2.05) is 18.2 Å². The quantitative estimate of drug-likeness (QED) is 0.628. The number of benzene rings is 1. The van der Waals surface area contributed by atoms with Gasteiger partial charge in [-0.15, -0.1) is 5.10 Å². The number of alkyl halides is 3. The summed E-state index contributed by atoms with van der Waals surface area (Å²) < 4.78 is 45.3. The van der Waals surface area contributed by atoms with Crippen molar-refractivity contribution in [1.82, 2.24) is 19.6 Å². The van der Waals surface area contributed by atoms with E-state index in [0.29, 0.717) is 29.9 Å². The minimum absolute atomic E-state index is 0.0421. The molecule has 1 aliphatic rings. The molecule has 1 aliphatic heterocycles. The highest BCUT2D eigenvalue weighted by Crippen LogP contribution is 2.31. The van der Waals surface area contributed by atoms with Gasteiger partial charge >= 0.3 is 6.18 Å². The molecule has 1 aromatic carbocycles. The van der Waals surface area contributed by atoms with E-state index in [9.17, 15) is 18.0 Å². The van der Waals surface area contributed by atoms with Gasteiger partial charge in [0.1, 0.15) is 5.75 Å². The third kappa shape index (κ3) is 3.94. The molecule has 0 radical (unpaired) electrons. The van der Waals surface area contributed by atoms with E-state index in [0.717, 1.165) is 34.4 Å². The second kappa shape index (κ2) is 7.82. The summed E-state index contributed by atoms with van der Waals surface area (Å²) in [5.41, 5.74) is 3.69. The number of ether oxygens (including phenoxy) is 1. The summed E-state index contributed by atoms with van der Waals surface area (Å²) in [5, 5.41) is 3.56. The van der Waals surface area contributed by atoms with Gasteiger partial charge in [0.05, 0.1) is 7.11 Å². The van der Waals surface area contributed by atoms with Gasteiger partial charge in [0.25, 0.3) is 11.6 Å². The van der Waals surface area contributed by atoms with E-state index in [1.165, 1.54) is 0 Å². The molecule has 0 atom stereocenters. The standard InChI is InChI=1S/C21H22F3N5O2/c1-12-16(13(2)29-20(25-12)26-19(27-29)21(22,23)24)7-9-18(30)28-10-4-5-14-11-15(31-3)6-8-17(14)28/h6,8,11H,4-5,7,9-10H2,1-3H3. The van der Waals surface area contributed by atoms with Gasteiger partial charge in [-0.05, 0) is 62.4 Å². The Hall–Kier alpha value is -3.17. The minimum atomic E-state index is -4.64. The molecule has 0 saturated heterocycles. The maximum atomic E-state index is 13.0. The first kappa shape index (κ1) is 21.1. The Morgan fingerprint density at radius 2 is 2.00 bits per heavy atom. The van der Waals surface area contributed by atoms with Crippen LogP contribution in [0.3, 0.4) is 0 Å². The maximum absolute atomic E-state index is 13.0. The number of rotatable bonds is 4. The highest BCUT2D eigenvalue weighted by Gasteiger charge is 2.37. The summed E-state index contributed by atoms with van der Waals surface area (Å²) in [7, 11) is 1.61. The van der Waals surface area contributed by atoms with Crippen LogP contribution in [0.4, 0.5) is 18.9 Å². The van der Waals surface area contributed by atoms with Gasteiger partial charge in [0, 0.05) is 30.0 Å². The summed E-state index contributed by atoms with van der Waals surface area (Å²) in [4.78, 5) is 22.4. The molecule has 0 unspecified atom stereocenters. The van der Waals surface area contributed by atoms with Gasteiger partial charge in [-0.3, -0.25) is 4.79 Å². The summed E-state index contributed by atoms with van der Waals surface area (Å²) in [6, 6.07) is 5.67. The van der Waals surface area contributed by atoms with Crippen LogP contribution in [0.5, 0.6) is 5.75 Å². The van der Waals surface area contributed by atoms with Crippen molar-refractivity contribution in [2.75, 3.05) is 18.6 Å². The van der Waals surface area contributed by atoms with Gasteiger partial charge in [0.15, 0.2) is 0 Å². The number of amides is 1. The number of aryl methyl sites for hydroxylation is 3. The topological polar surface area (TPSA) is 72.6 Å². The molecule has 1 amide bonds. The molecule has 7 nitrogen and oxygen atoms in total. The second-order valence-corrected chi connectivity index (χ2v) is 7.55. The van der Waals surface area contributed by atoms with Crippen LogP contribution in [-0.4, -0.2) is 39.1 Å². The average molecular weight is 433 g/mol. The number of anilines is 1. The van der Waals surface area contributed by atoms with Crippen molar-refractivity contribution in [2.45, 2.75) is 45.7 Å². The summed E-state index contributed by atoms with van der Waals surface area (Å²) in [6.07, 6.45) is -2.35. The lowest BCUT2D eigenvalue weighted by atomic mass is 10.00.